The number of ether oxygens (including phenoxy) is 2. The van der Waals surface area contributed by atoms with E-state index in [0.29, 0.717) is 15.2 Å². The highest BCUT2D eigenvalue weighted by atomic mass is 79.9. The van der Waals surface area contributed by atoms with Crippen molar-refractivity contribution in [2.24, 2.45) is 0 Å². The minimum atomic E-state index is -0.745. The van der Waals surface area contributed by atoms with E-state index < -0.39 is 24.5 Å². The third-order valence-electron chi connectivity index (χ3n) is 4.08. The van der Waals surface area contributed by atoms with Crippen LogP contribution in [0.1, 0.15) is 58.0 Å². The molecule has 2 aromatic heterocycles. The number of amides is 1. The molecule has 0 atom stereocenters. The van der Waals surface area contributed by atoms with E-state index in [2.05, 4.69) is 21.2 Å². The van der Waals surface area contributed by atoms with Crippen molar-refractivity contribution in [2.45, 2.75) is 45.6 Å². The van der Waals surface area contributed by atoms with Gasteiger partial charge in [-0.25, -0.2) is 9.59 Å². The summed E-state index contributed by atoms with van der Waals surface area (Å²) >= 11 is 4.48. The van der Waals surface area contributed by atoms with Crippen LogP contribution >= 0.6 is 27.3 Å². The molecule has 3 rings (SSSR count). The zero-order chi connectivity index (χ0) is 20.3. The summed E-state index contributed by atoms with van der Waals surface area (Å²) in [6, 6.07) is 3.00. The molecule has 2 aromatic rings. The SMILES string of the molecule is CC(C)OC(=O)c1c(NC(=O)COC(=O)c2ccc(Br)o2)sc2c1CCCC2. The highest BCUT2D eigenvalue weighted by Gasteiger charge is 2.28. The van der Waals surface area contributed by atoms with Gasteiger partial charge in [-0.3, -0.25) is 4.79 Å². The van der Waals surface area contributed by atoms with Crippen LogP contribution in [0.3, 0.4) is 0 Å². The predicted octanol–water partition coefficient (Wildman–Crippen LogP) is 4.34. The molecule has 1 N–H and O–H groups in total. The molecule has 9 heteroatoms. The number of aryl methyl sites for hydroxylation is 1. The average Bonchev–Trinajstić information content (AvgIpc) is 3.22. The summed E-state index contributed by atoms with van der Waals surface area (Å²) in [5, 5.41) is 3.14. The maximum atomic E-state index is 12.6. The van der Waals surface area contributed by atoms with Crippen LogP contribution in [0, 0.1) is 0 Å². The largest absolute Gasteiger partial charge is 0.459 e. The maximum Gasteiger partial charge on any atom is 0.374 e. The Morgan fingerprint density at radius 2 is 1.96 bits per heavy atom. The van der Waals surface area contributed by atoms with Crippen molar-refractivity contribution in [1.29, 1.82) is 0 Å². The number of carbonyl (C=O) groups excluding carboxylic acids is 3. The molecule has 150 valence electrons. The van der Waals surface area contributed by atoms with Crippen LogP contribution in [0.2, 0.25) is 0 Å². The Balaban J connectivity index is 1.70. The minimum absolute atomic E-state index is 0.00698. The van der Waals surface area contributed by atoms with Gasteiger partial charge < -0.3 is 19.2 Å². The fraction of sp³-hybridized carbons (Fsp3) is 0.421. The van der Waals surface area contributed by atoms with E-state index in [4.69, 9.17) is 13.9 Å². The van der Waals surface area contributed by atoms with E-state index in [1.165, 1.54) is 17.4 Å². The average molecular weight is 470 g/mol. The van der Waals surface area contributed by atoms with E-state index in [1.807, 2.05) is 0 Å². The van der Waals surface area contributed by atoms with Gasteiger partial charge in [-0.15, -0.1) is 11.3 Å². The first-order valence-electron chi connectivity index (χ1n) is 8.93. The first-order valence-corrected chi connectivity index (χ1v) is 10.5. The smallest absolute Gasteiger partial charge is 0.374 e. The number of hydrogen-bond donors (Lipinski definition) is 1. The quantitative estimate of drug-likeness (QED) is 0.632. The van der Waals surface area contributed by atoms with Crippen LogP contribution in [0.25, 0.3) is 0 Å². The lowest BCUT2D eigenvalue weighted by Gasteiger charge is -2.14. The Kier molecular flexibility index (Phi) is 6.56. The van der Waals surface area contributed by atoms with Gasteiger partial charge in [0.15, 0.2) is 11.3 Å². The molecule has 7 nitrogen and oxygen atoms in total. The molecular formula is C19H20BrNO6S. The highest BCUT2D eigenvalue weighted by Crippen LogP contribution is 2.38. The summed E-state index contributed by atoms with van der Waals surface area (Å²) in [5.41, 5.74) is 1.37. The van der Waals surface area contributed by atoms with Gasteiger partial charge in [-0.2, -0.15) is 0 Å². The first kappa shape index (κ1) is 20.6. The van der Waals surface area contributed by atoms with Crippen molar-refractivity contribution in [2.75, 3.05) is 11.9 Å². The number of hydrogen-bond acceptors (Lipinski definition) is 7. The van der Waals surface area contributed by atoms with E-state index in [-0.39, 0.29) is 11.9 Å². The second kappa shape index (κ2) is 8.91. The molecule has 0 saturated heterocycles. The van der Waals surface area contributed by atoms with E-state index in [0.717, 1.165) is 36.1 Å². The topological polar surface area (TPSA) is 94.8 Å². The molecule has 0 aromatic carbocycles. The highest BCUT2D eigenvalue weighted by molar-refractivity contribution is 9.10. The number of thiophene rings is 1. The summed E-state index contributed by atoms with van der Waals surface area (Å²) < 4.78 is 15.8. The monoisotopic (exact) mass is 469 g/mol. The molecule has 0 fully saturated rings. The third kappa shape index (κ3) is 4.82. The molecule has 28 heavy (non-hydrogen) atoms. The van der Waals surface area contributed by atoms with Crippen LogP contribution in [0.15, 0.2) is 21.2 Å². The summed E-state index contributed by atoms with van der Waals surface area (Å²) in [4.78, 5) is 37.8. The van der Waals surface area contributed by atoms with Crippen LogP contribution in [-0.2, 0) is 27.1 Å². The van der Waals surface area contributed by atoms with Crippen LogP contribution in [0.5, 0.6) is 0 Å². The Bertz CT molecular complexity index is 900. The van der Waals surface area contributed by atoms with Gasteiger partial charge in [0.25, 0.3) is 5.91 Å². The van der Waals surface area contributed by atoms with Gasteiger partial charge in [-0.05, 0) is 73.2 Å². The standard InChI is InChI=1S/C19H20BrNO6S/c1-10(2)26-19(24)16-11-5-3-4-6-13(11)28-17(16)21-15(22)9-25-18(23)12-7-8-14(20)27-12/h7-8,10H,3-6,9H2,1-2H3,(H,21,22). The van der Waals surface area contributed by atoms with Crippen LogP contribution < -0.4 is 5.32 Å². The summed E-state index contributed by atoms with van der Waals surface area (Å²) in [7, 11) is 0. The molecule has 1 amide bonds. The Hall–Kier alpha value is -2.13. The number of fused-ring (bicyclic) bond motifs is 1. The zero-order valence-corrected chi connectivity index (χ0v) is 17.9. The third-order valence-corrected chi connectivity index (χ3v) is 5.71. The zero-order valence-electron chi connectivity index (χ0n) is 15.5. The Labute approximate surface area is 174 Å². The molecule has 0 aliphatic heterocycles. The van der Waals surface area contributed by atoms with Gasteiger partial charge in [0.1, 0.15) is 5.00 Å². The molecule has 1 aliphatic rings. The molecule has 0 radical (unpaired) electrons. The number of esters is 2. The number of furan rings is 1. The number of nitrogens with one attached hydrogen (secondary N) is 1. The van der Waals surface area contributed by atoms with Gasteiger partial charge in [0.05, 0.1) is 11.7 Å². The van der Waals surface area contributed by atoms with Crippen molar-refractivity contribution in [3.8, 4) is 0 Å². The fourth-order valence-electron chi connectivity index (χ4n) is 2.93. The summed E-state index contributed by atoms with van der Waals surface area (Å²) in [6.07, 6.45) is 3.45. The van der Waals surface area contributed by atoms with Crippen molar-refractivity contribution in [3.63, 3.8) is 0 Å². The van der Waals surface area contributed by atoms with E-state index >= 15 is 0 Å². The predicted molar refractivity (Wildman–Crippen MR) is 107 cm³/mol. The second-order valence-electron chi connectivity index (χ2n) is 6.60. The first-order chi connectivity index (χ1) is 13.3. The van der Waals surface area contributed by atoms with Gasteiger partial charge in [0, 0.05) is 4.88 Å². The van der Waals surface area contributed by atoms with Gasteiger partial charge >= 0.3 is 11.9 Å². The number of carbonyl (C=O) groups is 3. The van der Waals surface area contributed by atoms with Crippen molar-refractivity contribution >= 4 is 50.1 Å². The summed E-state index contributed by atoms with van der Waals surface area (Å²) in [5.74, 6) is -1.73. The van der Waals surface area contributed by atoms with E-state index in [1.54, 1.807) is 19.9 Å². The lowest BCUT2D eigenvalue weighted by molar-refractivity contribution is -0.119. The molecule has 0 saturated carbocycles. The number of anilines is 1. The molecule has 1 aliphatic carbocycles. The van der Waals surface area contributed by atoms with Gasteiger partial charge in [-0.1, -0.05) is 0 Å². The van der Waals surface area contributed by atoms with Crippen LogP contribution in [-0.4, -0.2) is 30.6 Å². The molecule has 0 bridgehead atoms. The van der Waals surface area contributed by atoms with Crippen molar-refractivity contribution in [1.82, 2.24) is 0 Å². The second-order valence-corrected chi connectivity index (χ2v) is 8.48. The van der Waals surface area contributed by atoms with Crippen molar-refractivity contribution in [3.05, 3.63) is 38.6 Å². The van der Waals surface area contributed by atoms with Gasteiger partial charge in [0.2, 0.25) is 5.76 Å². The normalized spacial score (nSPS) is 13.1. The molecule has 0 spiro atoms. The minimum Gasteiger partial charge on any atom is -0.459 e. The lowest BCUT2D eigenvalue weighted by Crippen LogP contribution is -2.22. The molecular weight excluding hydrogens is 450 g/mol. The molecule has 2 heterocycles. The number of rotatable bonds is 6. The van der Waals surface area contributed by atoms with Crippen molar-refractivity contribution < 1.29 is 28.3 Å². The van der Waals surface area contributed by atoms with Crippen LogP contribution in [0.4, 0.5) is 5.00 Å². The Morgan fingerprint density at radius 3 is 2.64 bits per heavy atom. The Morgan fingerprint density at radius 1 is 1.21 bits per heavy atom. The molecule has 0 unspecified atom stereocenters. The number of halogens is 1. The fourth-order valence-corrected chi connectivity index (χ4v) is 4.53. The maximum absolute atomic E-state index is 12.6. The van der Waals surface area contributed by atoms with E-state index in [9.17, 15) is 14.4 Å². The lowest BCUT2D eigenvalue weighted by atomic mass is 9.95. The summed E-state index contributed by atoms with van der Waals surface area (Å²) in [6.45, 7) is 3.07.